The number of pyridine rings is 1. The van der Waals surface area contributed by atoms with Crippen LogP contribution in [0.4, 0.5) is 5.82 Å². The molecule has 0 unspecified atom stereocenters. The lowest BCUT2D eigenvalue weighted by molar-refractivity contribution is 0.0951. The van der Waals surface area contributed by atoms with Crippen molar-refractivity contribution in [2.75, 3.05) is 25.6 Å². The fraction of sp³-hybridized carbons (Fsp3) is 0.182. The molecule has 0 radical (unpaired) electrons. The topological polar surface area (TPSA) is 72.5 Å². The summed E-state index contributed by atoms with van der Waals surface area (Å²) in [4.78, 5) is 16.6. The van der Waals surface area contributed by atoms with Crippen molar-refractivity contribution < 1.29 is 14.3 Å². The van der Waals surface area contributed by atoms with E-state index in [9.17, 15) is 4.79 Å². The minimum absolute atomic E-state index is 0.135. The average Bonchev–Trinajstić information content (AvgIpc) is 2.76. The maximum Gasteiger partial charge on any atom is 0.251 e. The molecule has 6 nitrogen and oxygen atoms in total. The van der Waals surface area contributed by atoms with Gasteiger partial charge < -0.3 is 20.1 Å². The number of nitrogens with one attached hydrogen (secondary N) is 2. The van der Waals surface area contributed by atoms with E-state index in [2.05, 4.69) is 15.6 Å². The molecular formula is C22H23N3O3. The third kappa shape index (κ3) is 5.74. The first kappa shape index (κ1) is 19.2. The minimum Gasteiger partial charge on any atom is -0.497 e. The normalized spacial score (nSPS) is 10.2. The number of rotatable bonds is 9. The zero-order valence-corrected chi connectivity index (χ0v) is 15.7. The summed E-state index contributed by atoms with van der Waals surface area (Å²) in [5, 5.41) is 6.08. The van der Waals surface area contributed by atoms with Crippen LogP contribution in [0.5, 0.6) is 11.5 Å². The van der Waals surface area contributed by atoms with Gasteiger partial charge in [-0.3, -0.25) is 4.79 Å². The molecule has 0 bridgehead atoms. The SMILES string of the molecule is COc1ccc(OCCNc2cc(C(=O)NCc3ccccc3)ccn2)cc1. The number of anilines is 1. The van der Waals surface area contributed by atoms with Gasteiger partial charge in [0, 0.05) is 18.3 Å². The maximum atomic E-state index is 12.3. The summed E-state index contributed by atoms with van der Waals surface area (Å²) in [5.74, 6) is 2.05. The van der Waals surface area contributed by atoms with Gasteiger partial charge in [0.25, 0.3) is 5.91 Å². The Bertz CT molecular complexity index is 883. The molecule has 0 aliphatic rings. The number of aromatic nitrogens is 1. The summed E-state index contributed by atoms with van der Waals surface area (Å²) in [7, 11) is 1.63. The molecule has 3 rings (SSSR count). The second kappa shape index (κ2) is 9.97. The Morgan fingerprint density at radius 2 is 1.75 bits per heavy atom. The Kier molecular flexibility index (Phi) is 6.84. The van der Waals surface area contributed by atoms with Crippen molar-refractivity contribution >= 4 is 11.7 Å². The summed E-state index contributed by atoms with van der Waals surface area (Å²) < 4.78 is 10.8. The van der Waals surface area contributed by atoms with Crippen LogP contribution < -0.4 is 20.1 Å². The highest BCUT2D eigenvalue weighted by Gasteiger charge is 2.07. The highest BCUT2D eigenvalue weighted by molar-refractivity contribution is 5.94. The van der Waals surface area contributed by atoms with Gasteiger partial charge in [-0.2, -0.15) is 0 Å². The van der Waals surface area contributed by atoms with E-state index in [1.165, 1.54) is 0 Å². The van der Waals surface area contributed by atoms with Crippen molar-refractivity contribution in [1.82, 2.24) is 10.3 Å². The van der Waals surface area contributed by atoms with Crippen LogP contribution in [0.2, 0.25) is 0 Å². The van der Waals surface area contributed by atoms with Crippen molar-refractivity contribution in [1.29, 1.82) is 0 Å². The van der Waals surface area contributed by atoms with Crippen LogP contribution in [0.1, 0.15) is 15.9 Å². The van der Waals surface area contributed by atoms with Gasteiger partial charge in [-0.1, -0.05) is 30.3 Å². The number of amides is 1. The molecule has 28 heavy (non-hydrogen) atoms. The molecular weight excluding hydrogens is 354 g/mol. The number of carbonyl (C=O) groups excluding carboxylic acids is 1. The molecule has 2 N–H and O–H groups in total. The van der Waals surface area contributed by atoms with Crippen LogP contribution in [0.15, 0.2) is 72.9 Å². The predicted octanol–water partition coefficient (Wildman–Crippen LogP) is 3.51. The van der Waals surface area contributed by atoms with E-state index in [4.69, 9.17) is 9.47 Å². The predicted molar refractivity (Wildman–Crippen MR) is 109 cm³/mol. The molecule has 0 saturated carbocycles. The third-order valence-electron chi connectivity index (χ3n) is 4.05. The Morgan fingerprint density at radius 3 is 2.50 bits per heavy atom. The molecule has 0 fully saturated rings. The number of methoxy groups -OCH3 is 1. The van der Waals surface area contributed by atoms with E-state index in [1.807, 2.05) is 54.6 Å². The van der Waals surface area contributed by atoms with E-state index >= 15 is 0 Å². The largest absolute Gasteiger partial charge is 0.497 e. The molecule has 144 valence electrons. The summed E-state index contributed by atoms with van der Waals surface area (Å²) in [6.45, 7) is 1.52. The van der Waals surface area contributed by atoms with Crippen LogP contribution in [0.25, 0.3) is 0 Å². The first-order valence-corrected chi connectivity index (χ1v) is 9.03. The van der Waals surface area contributed by atoms with Gasteiger partial charge in [-0.25, -0.2) is 4.98 Å². The van der Waals surface area contributed by atoms with Gasteiger partial charge in [0.2, 0.25) is 0 Å². The molecule has 1 heterocycles. The van der Waals surface area contributed by atoms with E-state index < -0.39 is 0 Å². The molecule has 0 aliphatic carbocycles. The Morgan fingerprint density at radius 1 is 1.00 bits per heavy atom. The number of carbonyl (C=O) groups is 1. The van der Waals surface area contributed by atoms with Gasteiger partial charge in [-0.15, -0.1) is 0 Å². The lowest BCUT2D eigenvalue weighted by atomic mass is 10.2. The quantitative estimate of drug-likeness (QED) is 0.558. The number of benzene rings is 2. The summed E-state index contributed by atoms with van der Waals surface area (Å²) in [6, 6.07) is 20.6. The van der Waals surface area contributed by atoms with Gasteiger partial charge in [-0.05, 0) is 42.0 Å². The van der Waals surface area contributed by atoms with Crippen molar-refractivity contribution in [2.24, 2.45) is 0 Å². The second-order valence-electron chi connectivity index (χ2n) is 6.05. The first-order chi connectivity index (χ1) is 13.7. The molecule has 0 atom stereocenters. The number of hydrogen-bond donors (Lipinski definition) is 2. The van der Waals surface area contributed by atoms with Gasteiger partial charge in [0.05, 0.1) is 13.7 Å². The standard InChI is InChI=1S/C22H23N3O3/c1-27-19-7-9-20(10-8-19)28-14-13-24-21-15-18(11-12-23-21)22(26)25-16-17-5-3-2-4-6-17/h2-12,15H,13-14,16H2,1H3,(H,23,24)(H,25,26). The number of nitrogens with zero attached hydrogens (tertiary/aromatic N) is 1. The lowest BCUT2D eigenvalue weighted by Gasteiger charge is -2.10. The second-order valence-corrected chi connectivity index (χ2v) is 6.05. The Hall–Kier alpha value is -3.54. The number of ether oxygens (including phenoxy) is 2. The lowest BCUT2D eigenvalue weighted by Crippen LogP contribution is -2.23. The maximum absolute atomic E-state index is 12.3. The molecule has 0 saturated heterocycles. The van der Waals surface area contributed by atoms with Crippen molar-refractivity contribution in [2.45, 2.75) is 6.54 Å². The fourth-order valence-corrected chi connectivity index (χ4v) is 2.57. The summed E-state index contributed by atoms with van der Waals surface area (Å²) in [5.41, 5.74) is 1.61. The molecule has 0 aliphatic heterocycles. The highest BCUT2D eigenvalue weighted by atomic mass is 16.5. The zero-order chi connectivity index (χ0) is 19.6. The molecule has 3 aromatic rings. The summed E-state index contributed by atoms with van der Waals surface area (Å²) >= 11 is 0. The van der Waals surface area contributed by atoms with E-state index in [0.717, 1.165) is 17.1 Å². The van der Waals surface area contributed by atoms with Crippen LogP contribution in [-0.4, -0.2) is 31.2 Å². The average molecular weight is 377 g/mol. The van der Waals surface area contributed by atoms with Crippen LogP contribution in [-0.2, 0) is 6.54 Å². The minimum atomic E-state index is -0.135. The Labute approximate surface area is 164 Å². The van der Waals surface area contributed by atoms with Crippen molar-refractivity contribution in [3.05, 3.63) is 84.1 Å². The smallest absolute Gasteiger partial charge is 0.251 e. The van der Waals surface area contributed by atoms with Crippen LogP contribution >= 0.6 is 0 Å². The van der Waals surface area contributed by atoms with Crippen LogP contribution in [0.3, 0.4) is 0 Å². The summed E-state index contributed by atoms with van der Waals surface area (Å²) in [6.07, 6.45) is 1.62. The van der Waals surface area contributed by atoms with Crippen molar-refractivity contribution in [3.8, 4) is 11.5 Å². The highest BCUT2D eigenvalue weighted by Crippen LogP contribution is 2.16. The molecule has 0 spiro atoms. The molecule has 6 heteroatoms. The van der Waals surface area contributed by atoms with E-state index in [1.54, 1.807) is 25.4 Å². The van der Waals surface area contributed by atoms with Gasteiger partial charge in [0.1, 0.15) is 23.9 Å². The molecule has 1 aromatic heterocycles. The van der Waals surface area contributed by atoms with Crippen molar-refractivity contribution in [3.63, 3.8) is 0 Å². The number of hydrogen-bond acceptors (Lipinski definition) is 5. The van der Waals surface area contributed by atoms with Crippen LogP contribution in [0, 0.1) is 0 Å². The molecule has 1 amide bonds. The first-order valence-electron chi connectivity index (χ1n) is 9.03. The molecule has 2 aromatic carbocycles. The monoisotopic (exact) mass is 377 g/mol. The van der Waals surface area contributed by atoms with E-state index in [0.29, 0.717) is 31.1 Å². The van der Waals surface area contributed by atoms with E-state index in [-0.39, 0.29) is 5.91 Å². The third-order valence-corrected chi connectivity index (χ3v) is 4.05. The fourth-order valence-electron chi connectivity index (χ4n) is 2.57. The zero-order valence-electron chi connectivity index (χ0n) is 15.7. The van der Waals surface area contributed by atoms with Gasteiger partial charge in [0.15, 0.2) is 0 Å². The Balaban J connectivity index is 1.45. The van der Waals surface area contributed by atoms with Gasteiger partial charge >= 0.3 is 0 Å².